The molecular formula is C25H41N2O2PS6. The lowest BCUT2D eigenvalue weighted by atomic mass is 10.0. The average molecular weight is 625 g/mol. The highest BCUT2D eigenvalue weighted by Gasteiger charge is 2.43. The Morgan fingerprint density at radius 2 is 1.72 bits per heavy atom. The standard InChI is InChI=1S/C25H41N2O2PS6/c1-26(2)30(28,27(3)4)29-20-13-10-12-19(15-20)11-8-6-5-7-9-14-22-23(32-22)17-25-24-16-21(33-34-24)18-31-36-35-25/h10,12-13,15,21-25H,5-9,11,14,16-18H2,1-4H3. The van der Waals surface area contributed by atoms with Gasteiger partial charge in [-0.25, -0.2) is 13.9 Å². The van der Waals surface area contributed by atoms with E-state index in [9.17, 15) is 4.57 Å². The van der Waals surface area contributed by atoms with Gasteiger partial charge in [0.15, 0.2) is 0 Å². The van der Waals surface area contributed by atoms with Gasteiger partial charge in [-0.3, -0.25) is 0 Å². The molecule has 0 aromatic heterocycles. The monoisotopic (exact) mass is 624 g/mol. The maximum absolute atomic E-state index is 13.1. The second-order valence-electron chi connectivity index (χ2n) is 10.3. The Morgan fingerprint density at radius 3 is 2.53 bits per heavy atom. The summed E-state index contributed by atoms with van der Waals surface area (Å²) in [6.07, 6.45) is 11.9. The highest BCUT2D eigenvalue weighted by molar-refractivity contribution is 9.09. The first-order valence-corrected chi connectivity index (χ1v) is 21.5. The molecule has 0 amide bonds. The first kappa shape index (κ1) is 30.2. The van der Waals surface area contributed by atoms with E-state index in [1.165, 1.54) is 62.7 Å². The summed E-state index contributed by atoms with van der Waals surface area (Å²) in [6, 6.07) is 8.13. The van der Waals surface area contributed by atoms with Crippen molar-refractivity contribution in [1.29, 1.82) is 0 Å². The average Bonchev–Trinajstić information content (AvgIpc) is 3.37. The molecule has 0 N–H and O–H groups in total. The van der Waals surface area contributed by atoms with Crippen LogP contribution in [-0.2, 0) is 11.0 Å². The molecule has 3 heterocycles. The highest BCUT2D eigenvalue weighted by Crippen LogP contribution is 2.58. The summed E-state index contributed by atoms with van der Waals surface area (Å²) in [5, 5.41) is 4.51. The molecule has 0 spiro atoms. The van der Waals surface area contributed by atoms with E-state index in [2.05, 4.69) is 76.9 Å². The van der Waals surface area contributed by atoms with Crippen molar-refractivity contribution in [3.63, 3.8) is 0 Å². The van der Waals surface area contributed by atoms with Crippen LogP contribution in [0.4, 0.5) is 0 Å². The lowest BCUT2D eigenvalue weighted by molar-refractivity contribution is 0.354. The largest absolute Gasteiger partial charge is 0.422 e. The van der Waals surface area contributed by atoms with Gasteiger partial charge < -0.3 is 4.52 Å². The topological polar surface area (TPSA) is 32.8 Å². The third-order valence-corrected chi connectivity index (χ3v) is 19.4. The Balaban J connectivity index is 1.07. The fraction of sp³-hybridized carbons (Fsp3) is 0.760. The van der Waals surface area contributed by atoms with Gasteiger partial charge in [-0.2, -0.15) is 11.8 Å². The molecule has 3 aliphatic rings. The summed E-state index contributed by atoms with van der Waals surface area (Å²) in [5.74, 6) is 2.02. The van der Waals surface area contributed by atoms with Crippen molar-refractivity contribution in [2.75, 3.05) is 33.9 Å². The van der Waals surface area contributed by atoms with E-state index in [0.29, 0.717) is 5.75 Å². The number of unbranched alkanes of at least 4 members (excludes halogenated alkanes) is 4. The molecule has 0 saturated carbocycles. The van der Waals surface area contributed by atoms with Crippen LogP contribution >= 0.6 is 72.4 Å². The van der Waals surface area contributed by atoms with Crippen LogP contribution in [0.5, 0.6) is 5.75 Å². The first-order valence-electron chi connectivity index (χ1n) is 13.0. The van der Waals surface area contributed by atoms with Gasteiger partial charge in [0.1, 0.15) is 5.75 Å². The predicted molar refractivity (Wildman–Crippen MR) is 172 cm³/mol. The number of nitrogens with zero attached hydrogens (tertiary/aromatic N) is 2. The second kappa shape index (κ2) is 14.8. The maximum Gasteiger partial charge on any atom is 0.394 e. The van der Waals surface area contributed by atoms with Crippen LogP contribution in [0.25, 0.3) is 0 Å². The number of aryl methyl sites for hydroxylation is 1. The Hall–Kier alpha value is 1.27. The number of fused-ring (bicyclic) bond motifs is 2. The quantitative estimate of drug-likeness (QED) is 0.0865. The summed E-state index contributed by atoms with van der Waals surface area (Å²) in [7, 11) is 14.8. The van der Waals surface area contributed by atoms with E-state index in [4.69, 9.17) is 4.52 Å². The zero-order chi connectivity index (χ0) is 25.5. The van der Waals surface area contributed by atoms with Crippen molar-refractivity contribution in [2.45, 2.75) is 84.0 Å². The minimum absolute atomic E-state index is 0.690. The van der Waals surface area contributed by atoms with Crippen molar-refractivity contribution in [2.24, 2.45) is 0 Å². The van der Waals surface area contributed by atoms with Crippen molar-refractivity contribution in [3.05, 3.63) is 29.8 Å². The van der Waals surface area contributed by atoms with Crippen LogP contribution in [0.3, 0.4) is 0 Å². The Morgan fingerprint density at radius 1 is 0.944 bits per heavy atom. The SMILES string of the molecule is CN(C)P(=O)(Oc1cccc(CCCCCCCC2SC2CC2SSSCC3CC2SS3)c1)N(C)C. The molecule has 36 heavy (non-hydrogen) atoms. The van der Waals surface area contributed by atoms with E-state index < -0.39 is 7.67 Å². The van der Waals surface area contributed by atoms with Crippen LogP contribution in [0.1, 0.15) is 56.9 Å². The Bertz CT molecular complexity index is 867. The van der Waals surface area contributed by atoms with Gasteiger partial charge in [-0.05, 0) is 87.8 Å². The number of hydrogen-bond donors (Lipinski definition) is 0. The number of benzene rings is 1. The highest BCUT2D eigenvalue weighted by atomic mass is 33.5. The van der Waals surface area contributed by atoms with Gasteiger partial charge in [0, 0.05) is 32.0 Å². The second-order valence-corrected chi connectivity index (χ2v) is 21.7. The molecule has 1 aromatic carbocycles. The molecule has 5 unspecified atom stereocenters. The third-order valence-electron chi connectivity index (χ3n) is 6.93. The van der Waals surface area contributed by atoms with E-state index in [0.717, 1.165) is 32.7 Å². The molecular weight excluding hydrogens is 584 g/mol. The van der Waals surface area contributed by atoms with Crippen molar-refractivity contribution >= 4 is 72.4 Å². The van der Waals surface area contributed by atoms with Crippen LogP contribution in [0.2, 0.25) is 0 Å². The first-order chi connectivity index (χ1) is 17.3. The fourth-order valence-electron chi connectivity index (χ4n) is 4.72. The molecule has 4 rings (SSSR count). The van der Waals surface area contributed by atoms with Crippen molar-refractivity contribution in [3.8, 4) is 5.75 Å². The van der Waals surface area contributed by atoms with Crippen LogP contribution in [-0.4, -0.2) is 69.5 Å². The molecule has 4 nitrogen and oxygen atoms in total. The van der Waals surface area contributed by atoms with Gasteiger partial charge in [-0.1, -0.05) is 81.0 Å². The lowest BCUT2D eigenvalue weighted by Crippen LogP contribution is -2.24. The summed E-state index contributed by atoms with van der Waals surface area (Å²) < 4.78 is 22.4. The van der Waals surface area contributed by atoms with Gasteiger partial charge in [0.25, 0.3) is 0 Å². The minimum Gasteiger partial charge on any atom is -0.422 e. The van der Waals surface area contributed by atoms with E-state index >= 15 is 0 Å². The molecule has 3 saturated heterocycles. The predicted octanol–water partition coefficient (Wildman–Crippen LogP) is 8.99. The molecule has 0 radical (unpaired) electrons. The van der Waals surface area contributed by atoms with Crippen LogP contribution in [0.15, 0.2) is 24.3 Å². The molecule has 2 bridgehead atoms. The van der Waals surface area contributed by atoms with Gasteiger partial charge >= 0.3 is 7.67 Å². The number of hydrogen-bond acceptors (Lipinski definition) is 8. The molecule has 0 aliphatic carbocycles. The summed E-state index contributed by atoms with van der Waals surface area (Å²) in [4.78, 5) is 0. The molecule has 204 valence electrons. The van der Waals surface area contributed by atoms with Gasteiger partial charge in [0.05, 0.1) is 0 Å². The number of rotatable bonds is 14. The fourth-order valence-corrected chi connectivity index (χ4v) is 17.2. The Labute approximate surface area is 242 Å². The maximum atomic E-state index is 13.1. The normalized spacial score (nSPS) is 28.3. The van der Waals surface area contributed by atoms with Gasteiger partial charge in [0.2, 0.25) is 0 Å². The molecule has 11 heteroatoms. The summed E-state index contributed by atoms with van der Waals surface area (Å²) in [6.45, 7) is 0. The van der Waals surface area contributed by atoms with Crippen LogP contribution in [0, 0.1) is 0 Å². The lowest BCUT2D eigenvalue weighted by Gasteiger charge is -2.29. The summed E-state index contributed by atoms with van der Waals surface area (Å²) >= 11 is 2.26. The molecule has 3 aliphatic heterocycles. The molecule has 1 aromatic rings. The molecule has 3 fully saturated rings. The smallest absolute Gasteiger partial charge is 0.394 e. The zero-order valence-electron chi connectivity index (χ0n) is 21.9. The molecule has 5 atom stereocenters. The minimum atomic E-state index is -3.01. The van der Waals surface area contributed by atoms with Gasteiger partial charge in [-0.15, -0.1) is 0 Å². The van der Waals surface area contributed by atoms with Crippen LogP contribution < -0.4 is 4.52 Å². The zero-order valence-corrected chi connectivity index (χ0v) is 27.7. The Kier molecular flexibility index (Phi) is 12.4. The van der Waals surface area contributed by atoms with E-state index in [1.807, 2.05) is 12.1 Å². The van der Waals surface area contributed by atoms with Crippen molar-refractivity contribution in [1.82, 2.24) is 9.34 Å². The summed E-state index contributed by atoms with van der Waals surface area (Å²) in [5.41, 5.74) is 1.27. The number of thioether (sulfide) groups is 1. The third kappa shape index (κ3) is 8.89. The van der Waals surface area contributed by atoms with E-state index in [-0.39, 0.29) is 0 Å². The van der Waals surface area contributed by atoms with E-state index in [1.54, 1.807) is 37.5 Å². The van der Waals surface area contributed by atoms with Crippen molar-refractivity contribution < 1.29 is 9.09 Å².